The second-order valence-corrected chi connectivity index (χ2v) is 6.19. The molecule has 2 aromatic carbocycles. The zero-order chi connectivity index (χ0) is 17.6. The van der Waals surface area contributed by atoms with Crippen LogP contribution >= 0.6 is 23.2 Å². The average Bonchev–Trinajstić information content (AvgIpc) is 2.94. The number of H-pyrrole nitrogens is 1. The molecule has 0 atom stereocenters. The van der Waals surface area contributed by atoms with Crippen LogP contribution in [0, 0.1) is 5.82 Å². The first-order valence-corrected chi connectivity index (χ1v) is 7.96. The molecule has 1 N–H and O–H groups in total. The first-order chi connectivity index (χ1) is 12.0. The number of aromatic amines is 1. The van der Waals surface area contributed by atoms with Crippen LogP contribution in [0.2, 0.25) is 10.0 Å². The summed E-state index contributed by atoms with van der Waals surface area (Å²) in [4.78, 5) is 19.7. The zero-order valence-corrected chi connectivity index (χ0v) is 14.0. The van der Waals surface area contributed by atoms with Gasteiger partial charge in [0.05, 0.1) is 11.2 Å². The molecule has 0 amide bonds. The number of aromatic nitrogens is 3. The van der Waals surface area contributed by atoms with Crippen molar-refractivity contribution in [3.8, 4) is 0 Å². The first-order valence-electron chi connectivity index (χ1n) is 7.21. The van der Waals surface area contributed by atoms with Crippen molar-refractivity contribution < 1.29 is 4.39 Å². The molecule has 0 unspecified atom stereocenters. The fourth-order valence-electron chi connectivity index (χ4n) is 2.53. The van der Waals surface area contributed by atoms with Crippen LogP contribution in [0.3, 0.4) is 0 Å². The van der Waals surface area contributed by atoms with Gasteiger partial charge in [0, 0.05) is 21.5 Å². The van der Waals surface area contributed by atoms with Gasteiger partial charge in [0.1, 0.15) is 23.2 Å². The van der Waals surface area contributed by atoms with E-state index < -0.39 is 11.4 Å². The molecule has 2 aromatic heterocycles. The van der Waals surface area contributed by atoms with Crippen LogP contribution in [0.25, 0.3) is 21.9 Å². The predicted molar refractivity (Wildman–Crippen MR) is 97.3 cm³/mol. The number of hydrogen-bond acceptors (Lipinski definition) is 3. The van der Waals surface area contributed by atoms with Gasteiger partial charge in [-0.25, -0.2) is 9.37 Å². The van der Waals surface area contributed by atoms with Gasteiger partial charge in [-0.05, 0) is 30.3 Å². The standard InChI is InChI=1S/C17H9Cl2FN4O/c18-10-2-1-9(13(19)5-10)7-22-24-8-21-15-12-6-11(20)3-4-14(12)23-16(15)17(24)25/h1-8,23H/b22-7+. The minimum Gasteiger partial charge on any atom is -0.349 e. The number of nitrogens with zero attached hydrogens (tertiary/aromatic N) is 3. The van der Waals surface area contributed by atoms with Crippen molar-refractivity contribution in [2.75, 3.05) is 0 Å². The summed E-state index contributed by atoms with van der Waals surface area (Å²) in [5, 5.41) is 5.57. The van der Waals surface area contributed by atoms with Crippen LogP contribution in [-0.2, 0) is 0 Å². The SMILES string of the molecule is O=c1c2[nH]c3ccc(F)cc3c2ncn1/N=C/c1ccc(Cl)cc1Cl. The van der Waals surface area contributed by atoms with Crippen LogP contribution in [0.15, 0.2) is 52.6 Å². The summed E-state index contributed by atoms with van der Waals surface area (Å²) in [6.07, 6.45) is 2.72. The van der Waals surface area contributed by atoms with Crippen molar-refractivity contribution in [2.45, 2.75) is 0 Å². The Morgan fingerprint density at radius 1 is 1.20 bits per heavy atom. The van der Waals surface area contributed by atoms with E-state index in [9.17, 15) is 9.18 Å². The number of rotatable bonds is 2. The Labute approximate surface area is 150 Å². The highest BCUT2D eigenvalue weighted by atomic mass is 35.5. The first kappa shape index (κ1) is 15.8. The predicted octanol–water partition coefficient (Wildman–Crippen LogP) is 4.21. The summed E-state index contributed by atoms with van der Waals surface area (Å²) < 4.78 is 14.5. The maximum atomic E-state index is 13.4. The summed E-state index contributed by atoms with van der Waals surface area (Å²) in [6.45, 7) is 0. The van der Waals surface area contributed by atoms with Gasteiger partial charge in [-0.1, -0.05) is 29.3 Å². The molecule has 0 aliphatic heterocycles. The van der Waals surface area contributed by atoms with Gasteiger partial charge in [0.15, 0.2) is 0 Å². The van der Waals surface area contributed by atoms with Crippen molar-refractivity contribution in [3.05, 3.63) is 74.5 Å². The molecule has 0 aliphatic rings. The van der Waals surface area contributed by atoms with Crippen LogP contribution in [0.4, 0.5) is 4.39 Å². The summed E-state index contributed by atoms with van der Waals surface area (Å²) in [7, 11) is 0. The number of benzene rings is 2. The molecule has 2 heterocycles. The lowest BCUT2D eigenvalue weighted by Gasteiger charge is -2.00. The second kappa shape index (κ2) is 5.98. The second-order valence-electron chi connectivity index (χ2n) is 5.34. The molecular formula is C17H9Cl2FN4O. The number of hydrogen-bond donors (Lipinski definition) is 1. The molecule has 0 fully saturated rings. The van der Waals surface area contributed by atoms with E-state index in [4.69, 9.17) is 23.2 Å². The molecule has 0 bridgehead atoms. The van der Waals surface area contributed by atoms with Crippen LogP contribution < -0.4 is 5.56 Å². The highest BCUT2D eigenvalue weighted by Crippen LogP contribution is 2.22. The Balaban J connectivity index is 1.83. The minimum atomic E-state index is -0.400. The smallest absolute Gasteiger partial charge is 0.298 e. The van der Waals surface area contributed by atoms with Crippen molar-refractivity contribution >= 4 is 51.4 Å². The fourth-order valence-corrected chi connectivity index (χ4v) is 2.99. The van der Waals surface area contributed by atoms with Crippen LogP contribution in [-0.4, -0.2) is 20.9 Å². The van der Waals surface area contributed by atoms with Gasteiger partial charge in [-0.3, -0.25) is 4.79 Å². The quantitative estimate of drug-likeness (QED) is 0.534. The molecule has 0 aliphatic carbocycles. The maximum absolute atomic E-state index is 13.4. The molecule has 4 aromatic rings. The highest BCUT2D eigenvalue weighted by molar-refractivity contribution is 6.36. The third-order valence-electron chi connectivity index (χ3n) is 3.74. The summed E-state index contributed by atoms with van der Waals surface area (Å²) in [5.41, 5.74) is 1.49. The van der Waals surface area contributed by atoms with E-state index in [1.807, 2.05) is 0 Å². The van der Waals surface area contributed by atoms with Gasteiger partial charge in [0.2, 0.25) is 0 Å². The molecule has 4 rings (SSSR count). The Morgan fingerprint density at radius 3 is 2.84 bits per heavy atom. The Bertz CT molecular complexity index is 1210. The van der Waals surface area contributed by atoms with E-state index in [-0.39, 0.29) is 5.52 Å². The van der Waals surface area contributed by atoms with Gasteiger partial charge in [-0.15, -0.1) is 0 Å². The van der Waals surface area contributed by atoms with Gasteiger partial charge >= 0.3 is 0 Å². The largest absolute Gasteiger partial charge is 0.349 e. The van der Waals surface area contributed by atoms with Gasteiger partial charge < -0.3 is 4.98 Å². The summed E-state index contributed by atoms with van der Waals surface area (Å²) in [6, 6.07) is 9.16. The molecule has 5 nitrogen and oxygen atoms in total. The Kier molecular flexibility index (Phi) is 3.78. The lowest BCUT2D eigenvalue weighted by Crippen LogP contribution is -2.17. The molecular weight excluding hydrogens is 366 g/mol. The lowest BCUT2D eigenvalue weighted by molar-refractivity contribution is 0.630. The fraction of sp³-hybridized carbons (Fsp3) is 0. The van der Waals surface area contributed by atoms with E-state index in [0.29, 0.717) is 32.0 Å². The molecule has 0 spiro atoms. The number of fused-ring (bicyclic) bond motifs is 3. The minimum absolute atomic E-state index is 0.252. The third kappa shape index (κ3) is 2.79. The maximum Gasteiger partial charge on any atom is 0.298 e. The van der Waals surface area contributed by atoms with E-state index in [2.05, 4.69) is 15.1 Å². The Hall–Kier alpha value is -2.70. The monoisotopic (exact) mass is 374 g/mol. The van der Waals surface area contributed by atoms with Crippen LogP contribution in [0.1, 0.15) is 5.56 Å². The highest BCUT2D eigenvalue weighted by Gasteiger charge is 2.11. The number of halogens is 3. The van der Waals surface area contributed by atoms with Gasteiger partial charge in [-0.2, -0.15) is 9.78 Å². The van der Waals surface area contributed by atoms with Crippen molar-refractivity contribution in [2.24, 2.45) is 5.10 Å². The molecule has 124 valence electrons. The van der Waals surface area contributed by atoms with E-state index in [1.54, 1.807) is 24.3 Å². The molecule has 0 saturated heterocycles. The third-order valence-corrected chi connectivity index (χ3v) is 4.30. The topological polar surface area (TPSA) is 63.0 Å². The van der Waals surface area contributed by atoms with Gasteiger partial charge in [0.25, 0.3) is 5.56 Å². The van der Waals surface area contributed by atoms with Crippen molar-refractivity contribution in [1.29, 1.82) is 0 Å². The van der Waals surface area contributed by atoms with Crippen molar-refractivity contribution in [3.63, 3.8) is 0 Å². The Morgan fingerprint density at radius 2 is 2.04 bits per heavy atom. The zero-order valence-electron chi connectivity index (χ0n) is 12.5. The molecule has 25 heavy (non-hydrogen) atoms. The number of nitrogens with one attached hydrogen (secondary N) is 1. The molecule has 8 heteroatoms. The summed E-state index contributed by atoms with van der Waals surface area (Å²) in [5.74, 6) is -0.394. The van der Waals surface area contributed by atoms with Crippen molar-refractivity contribution in [1.82, 2.24) is 14.6 Å². The van der Waals surface area contributed by atoms with E-state index in [1.165, 1.54) is 24.7 Å². The molecule has 0 saturated carbocycles. The lowest BCUT2D eigenvalue weighted by atomic mass is 10.2. The summed E-state index contributed by atoms with van der Waals surface area (Å²) >= 11 is 11.9. The molecule has 0 radical (unpaired) electrons. The van der Waals surface area contributed by atoms with E-state index >= 15 is 0 Å². The van der Waals surface area contributed by atoms with Crippen LogP contribution in [0.5, 0.6) is 0 Å². The average molecular weight is 375 g/mol. The normalized spacial score (nSPS) is 11.8. The van der Waals surface area contributed by atoms with E-state index in [0.717, 1.165) is 4.68 Å².